The highest BCUT2D eigenvalue weighted by molar-refractivity contribution is 7.90. The van der Waals surface area contributed by atoms with Crippen molar-refractivity contribution in [1.82, 2.24) is 59.0 Å². The maximum absolute atomic E-state index is 12.6. The van der Waals surface area contributed by atoms with Gasteiger partial charge in [0.25, 0.3) is 5.91 Å². The fourth-order valence-corrected chi connectivity index (χ4v) is 14.1. The van der Waals surface area contributed by atoms with Crippen molar-refractivity contribution in [3.8, 4) is 56.3 Å². The fraction of sp³-hybridized carbons (Fsp3) is 0.282. The number of nitrogen functional groups attached to an aromatic ring is 5. The number of sulfonamides is 1. The molecule has 2 saturated heterocycles. The van der Waals surface area contributed by atoms with Crippen molar-refractivity contribution in [3.63, 3.8) is 0 Å². The zero-order valence-corrected chi connectivity index (χ0v) is 64.7. The van der Waals surface area contributed by atoms with Gasteiger partial charge >= 0.3 is 0 Å². The number of morpholine rings is 2. The normalized spacial score (nSPS) is 13.0. The van der Waals surface area contributed by atoms with Crippen molar-refractivity contribution < 1.29 is 48.7 Å². The van der Waals surface area contributed by atoms with E-state index in [0.29, 0.717) is 99.5 Å². The second kappa shape index (κ2) is 38.5. The molecule has 110 heavy (non-hydrogen) atoms. The van der Waals surface area contributed by atoms with Gasteiger partial charge in [0.05, 0.1) is 76.7 Å². The lowest BCUT2D eigenvalue weighted by Crippen LogP contribution is -2.40. The number of amides is 1. The van der Waals surface area contributed by atoms with Crippen molar-refractivity contribution in [1.29, 1.82) is 0 Å². The van der Waals surface area contributed by atoms with Gasteiger partial charge in [-0.3, -0.25) is 9.59 Å². The number of sulfone groups is 2. The monoisotopic (exact) mass is 1550 g/mol. The largest absolute Gasteiger partial charge is 0.469 e. The van der Waals surface area contributed by atoms with Gasteiger partial charge < -0.3 is 52.8 Å². The Morgan fingerprint density at radius 2 is 0.855 bits per heavy atom. The van der Waals surface area contributed by atoms with Crippen LogP contribution in [0.4, 0.5) is 35.6 Å². The third-order valence-electron chi connectivity index (χ3n) is 17.0. The number of benzene rings is 5. The number of ketones is 1. The van der Waals surface area contributed by atoms with E-state index in [9.17, 15) is 34.8 Å². The molecule has 29 nitrogen and oxygen atoms in total. The van der Waals surface area contributed by atoms with E-state index in [1.54, 1.807) is 86.1 Å². The molecule has 5 aromatic carbocycles. The number of hydrogen-bond donors (Lipinski definition) is 6. The first-order valence-corrected chi connectivity index (χ1v) is 40.7. The predicted molar refractivity (Wildman–Crippen MR) is 426 cm³/mol. The van der Waals surface area contributed by atoms with E-state index in [-0.39, 0.29) is 57.0 Å². The highest BCUT2D eigenvalue weighted by Gasteiger charge is 2.27. The van der Waals surface area contributed by atoms with Crippen LogP contribution in [0.1, 0.15) is 88.9 Å². The molecule has 13 rings (SSSR count). The van der Waals surface area contributed by atoms with Crippen LogP contribution < -0.4 is 34.0 Å². The Hall–Kier alpha value is -11.6. The number of rotatable bonds is 20. The molecule has 2 aliphatic rings. The van der Waals surface area contributed by atoms with E-state index < -0.39 is 29.7 Å². The molecule has 2 aliphatic heterocycles. The summed E-state index contributed by atoms with van der Waals surface area (Å²) in [6.45, 7) is 12.1. The number of nitrogens with two attached hydrogens (primary N) is 5. The fourth-order valence-electron chi connectivity index (χ4n) is 11.2. The molecule has 2 fully saturated rings. The summed E-state index contributed by atoms with van der Waals surface area (Å²) >= 11 is 0. The van der Waals surface area contributed by atoms with Gasteiger partial charge in [-0.05, 0) is 104 Å². The minimum absolute atomic E-state index is 0.0212. The molecule has 32 heteroatoms. The first-order valence-electron chi connectivity index (χ1n) is 35.4. The molecule has 8 heterocycles. The number of ether oxygens (including phenoxy) is 2. The average Bonchev–Trinajstić information content (AvgIpc) is 0.861. The molecule has 11 N–H and O–H groups in total. The molecule has 0 spiro atoms. The first kappa shape index (κ1) is 82.5. The van der Waals surface area contributed by atoms with Gasteiger partial charge in [0.15, 0.2) is 25.5 Å². The van der Waals surface area contributed by atoms with Crippen molar-refractivity contribution in [3.05, 3.63) is 215 Å². The second-order valence-corrected chi connectivity index (χ2v) is 31.3. The lowest BCUT2D eigenvalue weighted by atomic mass is 10.0. The SMILES string of the molecule is CCc1cc(-c2ccc(CS(C)(=O)=O)cc2)nc(N)n1.CCc1cc(-c2ccc(S(=O)(=O)N3CCOCC3)cc2)nc(N)n1.CCc1cc(-c2ccc(S(C)(=O)=O)cc2)nc(N)n1.CCc1cc(-c2cccc(C(=O)N3CCOCC3)c2)nc(N)n1.CNc1cc(-c2ccc(C(=O)CCc3ccco3)cc2)nc(N)n1. The lowest BCUT2D eigenvalue weighted by molar-refractivity contribution is 0.0303. The minimum Gasteiger partial charge on any atom is -0.469 e. The number of carbonyl (C=O) groups excluding carboxylic acids is 2. The van der Waals surface area contributed by atoms with Crippen LogP contribution in [0, 0.1) is 0 Å². The van der Waals surface area contributed by atoms with E-state index in [0.717, 1.165) is 99.0 Å². The number of nitrogens with zero attached hydrogens (tertiary/aromatic N) is 12. The number of Topliss-reactive ketones (excluding diaryl/α,β-unsaturated/α-hetero) is 1. The van der Waals surface area contributed by atoms with Crippen LogP contribution in [0.25, 0.3) is 56.3 Å². The van der Waals surface area contributed by atoms with E-state index in [1.165, 1.54) is 16.8 Å². The van der Waals surface area contributed by atoms with Crippen molar-refractivity contribution in [2.75, 3.05) is 106 Å². The Kier molecular flexibility index (Phi) is 28.9. The summed E-state index contributed by atoms with van der Waals surface area (Å²) in [6.07, 6.45) is 8.11. The van der Waals surface area contributed by atoms with Crippen LogP contribution >= 0.6 is 0 Å². The molecule has 6 aromatic heterocycles. The molecule has 0 saturated carbocycles. The summed E-state index contributed by atoms with van der Waals surface area (Å²) in [5.41, 5.74) is 42.0. The Morgan fingerprint density at radius 1 is 0.445 bits per heavy atom. The molecule has 576 valence electrons. The smallest absolute Gasteiger partial charge is 0.254 e. The van der Waals surface area contributed by atoms with Crippen LogP contribution in [0.3, 0.4) is 0 Å². The maximum atomic E-state index is 12.6. The van der Waals surface area contributed by atoms with Gasteiger partial charge in [-0.25, -0.2) is 70.1 Å². The van der Waals surface area contributed by atoms with Crippen molar-refractivity contribution >= 4 is 76.9 Å². The van der Waals surface area contributed by atoms with Gasteiger partial charge in [0.2, 0.25) is 39.8 Å². The number of nitrogens with one attached hydrogen (secondary N) is 1. The molecule has 0 bridgehead atoms. The van der Waals surface area contributed by atoms with Crippen LogP contribution in [0.2, 0.25) is 0 Å². The molecule has 1 amide bonds. The molecule has 0 aliphatic carbocycles. The third-order valence-corrected chi connectivity index (χ3v) is 20.9. The highest BCUT2D eigenvalue weighted by atomic mass is 32.2. The molecular formula is C78H90N18O11S3. The second-order valence-electron chi connectivity index (χ2n) is 25.2. The van der Waals surface area contributed by atoms with Crippen molar-refractivity contribution in [2.24, 2.45) is 0 Å². The Balaban J connectivity index is 0.000000159. The molecule has 0 unspecified atom stereocenters. The van der Waals surface area contributed by atoms with E-state index in [1.807, 2.05) is 124 Å². The highest BCUT2D eigenvalue weighted by Crippen LogP contribution is 2.28. The summed E-state index contributed by atoms with van der Waals surface area (Å²) in [6, 6.07) is 48.4. The Bertz CT molecular complexity index is 5290. The standard InChI is InChI=1S/C18H18N4O2.C17H20N4O2.C16H20N4O3S.C14H17N3O2S.C13H15N3O2S/c1-20-17-11-15(21-18(19)22-17)12-4-6-13(7-5-12)16(23)9-8-14-3-2-10-24-14;1-2-14-11-15(20-17(18)19-14)12-4-3-5-13(10-12)16(22)21-6-8-23-9-7-21;1-2-13-11-15(19-16(17)18-13)12-3-5-14(6-4-12)24(21,22)20-7-9-23-10-8-20;1-3-12-8-13(17-14(15)16-12)11-6-4-10(5-7-11)9-20(2,18)19;1-3-10-8-12(16-13(14)15-10)9-4-6-11(7-5-9)19(2,17)18/h2-7,10-11H,8-9H2,1H3,(H3,19,20,21,22);3-5,10-11H,2,6-9H2,1H3,(H2,18,19,20);3-6,11H,2,7-10H2,1H3,(H2,17,18,19);4-8H,3,9H2,1-2H3,(H2,15,16,17);4-8H,3H2,1-2H3,(H2,14,15,16). The number of hydrogen-bond acceptors (Lipinski definition) is 27. The van der Waals surface area contributed by atoms with Crippen LogP contribution in [-0.4, -0.2) is 168 Å². The summed E-state index contributed by atoms with van der Waals surface area (Å²) in [5.74, 6) is 2.76. The molecule has 0 radical (unpaired) electrons. The molecular weight excluding hydrogens is 1460 g/mol. The number of anilines is 6. The summed E-state index contributed by atoms with van der Waals surface area (Å²) in [7, 11) is -7.91. The lowest BCUT2D eigenvalue weighted by Gasteiger charge is -2.27. The maximum Gasteiger partial charge on any atom is 0.254 e. The Labute approximate surface area is 640 Å². The average molecular weight is 1550 g/mol. The topological polar surface area (TPSA) is 446 Å². The van der Waals surface area contributed by atoms with E-state index in [2.05, 4.69) is 55.2 Å². The zero-order chi connectivity index (χ0) is 79.1. The van der Waals surface area contributed by atoms with Crippen LogP contribution in [-0.2, 0) is 77.0 Å². The van der Waals surface area contributed by atoms with Gasteiger partial charge in [-0.1, -0.05) is 113 Å². The first-order chi connectivity index (χ1) is 52.6. The number of furan rings is 1. The Morgan fingerprint density at radius 3 is 1.27 bits per heavy atom. The number of carbonyl (C=O) groups is 2. The summed E-state index contributed by atoms with van der Waals surface area (Å²) in [5, 5.41) is 2.94. The van der Waals surface area contributed by atoms with E-state index in [4.69, 9.17) is 42.6 Å². The number of aromatic nitrogens is 10. The zero-order valence-electron chi connectivity index (χ0n) is 62.2. The van der Waals surface area contributed by atoms with Crippen LogP contribution in [0.5, 0.6) is 0 Å². The van der Waals surface area contributed by atoms with Gasteiger partial charge in [0, 0.05) is 126 Å². The van der Waals surface area contributed by atoms with Gasteiger partial charge in [-0.2, -0.15) is 9.29 Å². The summed E-state index contributed by atoms with van der Waals surface area (Å²) in [4.78, 5) is 68.9. The van der Waals surface area contributed by atoms with E-state index >= 15 is 0 Å². The summed E-state index contributed by atoms with van der Waals surface area (Å²) < 4.78 is 87.7. The number of aryl methyl sites for hydroxylation is 5. The van der Waals surface area contributed by atoms with Gasteiger partial charge in [-0.15, -0.1) is 0 Å². The quantitative estimate of drug-likeness (QED) is 0.0386. The minimum atomic E-state index is -3.49. The molecule has 0 atom stereocenters. The van der Waals surface area contributed by atoms with Crippen LogP contribution in [0.15, 0.2) is 184 Å². The van der Waals surface area contributed by atoms with Gasteiger partial charge in [0.1, 0.15) is 11.6 Å². The predicted octanol–water partition coefficient (Wildman–Crippen LogP) is 9.77. The molecule has 11 aromatic rings. The van der Waals surface area contributed by atoms with Crippen molar-refractivity contribution in [2.45, 2.75) is 81.8 Å². The third kappa shape index (κ3) is 24.0.